The molecule has 0 spiro atoms. The highest BCUT2D eigenvalue weighted by Crippen LogP contribution is 2.52. The fraction of sp³-hybridized carbons (Fsp3) is 0.389. The van der Waals surface area contributed by atoms with Gasteiger partial charge in [0.2, 0.25) is 0 Å². The molecule has 1 aliphatic carbocycles. The van der Waals surface area contributed by atoms with E-state index in [1.165, 1.54) is 12.7 Å². The van der Waals surface area contributed by atoms with Crippen molar-refractivity contribution >= 4 is 5.97 Å². The Kier molecular flexibility index (Phi) is 3.47. The molecule has 2 aliphatic rings. The third kappa shape index (κ3) is 2.10. The van der Waals surface area contributed by atoms with Gasteiger partial charge in [0.05, 0.1) is 7.11 Å². The highest BCUT2D eigenvalue weighted by Gasteiger charge is 2.39. The standard InChI is InChI=1S/C18H20O4/c1-9-5-6-12-11(3)22-17-15(18(20)21-4)10(2)8-14(19)16(17)13(12)7-9/h7-8,12-13,19H,3,5-6H2,1-2,4H3/t12-,13+/m0/s1. The van der Waals surface area contributed by atoms with Gasteiger partial charge in [-0.25, -0.2) is 4.79 Å². The Hall–Kier alpha value is -2.23. The zero-order chi connectivity index (χ0) is 16.0. The Bertz CT molecular complexity index is 700. The zero-order valence-electron chi connectivity index (χ0n) is 13.1. The second-order valence-corrected chi connectivity index (χ2v) is 6.07. The summed E-state index contributed by atoms with van der Waals surface area (Å²) in [6.45, 7) is 7.86. The predicted molar refractivity (Wildman–Crippen MR) is 83.2 cm³/mol. The SMILES string of the molecule is C=C1Oc2c(C(=O)OC)c(C)cc(O)c2[C@@H]2C=C(C)CC[C@@H]12. The number of ether oxygens (including phenoxy) is 2. The minimum absolute atomic E-state index is 0.00555. The number of hydrogen-bond donors (Lipinski definition) is 1. The van der Waals surface area contributed by atoms with E-state index in [0.29, 0.717) is 28.2 Å². The van der Waals surface area contributed by atoms with Crippen LogP contribution >= 0.6 is 0 Å². The summed E-state index contributed by atoms with van der Waals surface area (Å²) in [5.41, 5.74) is 2.95. The molecule has 0 saturated heterocycles. The first-order chi connectivity index (χ1) is 10.4. The molecular weight excluding hydrogens is 280 g/mol. The van der Waals surface area contributed by atoms with E-state index in [-0.39, 0.29) is 17.6 Å². The van der Waals surface area contributed by atoms with Crippen molar-refractivity contribution in [2.24, 2.45) is 5.92 Å². The molecule has 1 N–H and O–H groups in total. The van der Waals surface area contributed by atoms with Crippen LogP contribution in [-0.2, 0) is 4.74 Å². The third-order valence-corrected chi connectivity index (χ3v) is 4.61. The van der Waals surface area contributed by atoms with Gasteiger partial charge in [-0.15, -0.1) is 0 Å². The number of aromatic hydroxyl groups is 1. The minimum Gasteiger partial charge on any atom is -0.507 e. The summed E-state index contributed by atoms with van der Waals surface area (Å²) < 4.78 is 10.7. The van der Waals surface area contributed by atoms with E-state index in [9.17, 15) is 9.90 Å². The van der Waals surface area contributed by atoms with Gasteiger partial charge in [-0.1, -0.05) is 18.2 Å². The van der Waals surface area contributed by atoms with Crippen LogP contribution in [0.2, 0.25) is 0 Å². The van der Waals surface area contributed by atoms with Crippen LogP contribution in [0.3, 0.4) is 0 Å². The van der Waals surface area contributed by atoms with Crippen LogP contribution in [0.15, 0.2) is 30.1 Å². The van der Waals surface area contributed by atoms with Crippen molar-refractivity contribution in [1.82, 2.24) is 0 Å². The number of methoxy groups -OCH3 is 1. The van der Waals surface area contributed by atoms with Crippen LogP contribution in [0.4, 0.5) is 0 Å². The molecular formula is C18H20O4. The Morgan fingerprint density at radius 1 is 1.45 bits per heavy atom. The van der Waals surface area contributed by atoms with Crippen molar-refractivity contribution in [3.05, 3.63) is 46.7 Å². The summed E-state index contributed by atoms with van der Waals surface area (Å²) >= 11 is 0. The topological polar surface area (TPSA) is 55.8 Å². The molecule has 1 aliphatic heterocycles. The fourth-order valence-electron chi connectivity index (χ4n) is 3.49. The van der Waals surface area contributed by atoms with Gasteiger partial charge < -0.3 is 14.6 Å². The lowest BCUT2D eigenvalue weighted by Gasteiger charge is -2.37. The summed E-state index contributed by atoms with van der Waals surface area (Å²) in [6, 6.07) is 1.61. The van der Waals surface area contributed by atoms with Crippen molar-refractivity contribution in [3.63, 3.8) is 0 Å². The molecule has 0 saturated carbocycles. The molecule has 2 atom stereocenters. The maximum atomic E-state index is 12.1. The van der Waals surface area contributed by atoms with E-state index in [1.807, 2.05) is 0 Å². The summed E-state index contributed by atoms with van der Waals surface area (Å²) in [5.74, 6) is 0.868. The first-order valence-electron chi connectivity index (χ1n) is 7.42. The van der Waals surface area contributed by atoms with E-state index in [0.717, 1.165) is 12.8 Å². The smallest absolute Gasteiger partial charge is 0.341 e. The van der Waals surface area contributed by atoms with Gasteiger partial charge in [0, 0.05) is 17.4 Å². The van der Waals surface area contributed by atoms with E-state index >= 15 is 0 Å². The molecule has 0 bridgehead atoms. The van der Waals surface area contributed by atoms with E-state index < -0.39 is 5.97 Å². The maximum absolute atomic E-state index is 12.1. The number of carbonyl (C=O) groups excluding carboxylic acids is 1. The number of carbonyl (C=O) groups is 1. The maximum Gasteiger partial charge on any atom is 0.341 e. The largest absolute Gasteiger partial charge is 0.507 e. The second-order valence-electron chi connectivity index (χ2n) is 6.07. The van der Waals surface area contributed by atoms with Gasteiger partial charge in [0.15, 0.2) is 0 Å². The zero-order valence-corrected chi connectivity index (χ0v) is 13.1. The Morgan fingerprint density at radius 3 is 2.86 bits per heavy atom. The van der Waals surface area contributed by atoms with Gasteiger partial charge in [-0.3, -0.25) is 0 Å². The van der Waals surface area contributed by atoms with Crippen LogP contribution in [0.5, 0.6) is 11.5 Å². The molecule has 116 valence electrons. The summed E-state index contributed by atoms with van der Waals surface area (Å²) in [7, 11) is 1.34. The molecule has 1 aromatic rings. The van der Waals surface area contributed by atoms with Crippen LogP contribution in [0.1, 0.15) is 47.2 Å². The van der Waals surface area contributed by atoms with Crippen LogP contribution in [0.25, 0.3) is 0 Å². The van der Waals surface area contributed by atoms with Crippen molar-refractivity contribution in [2.75, 3.05) is 7.11 Å². The highest BCUT2D eigenvalue weighted by atomic mass is 16.5. The lowest BCUT2D eigenvalue weighted by molar-refractivity contribution is 0.0595. The number of benzene rings is 1. The Labute approximate surface area is 130 Å². The Balaban J connectivity index is 2.27. The number of phenols is 1. The van der Waals surface area contributed by atoms with Gasteiger partial charge in [0.1, 0.15) is 22.8 Å². The normalized spacial score (nSPS) is 23.0. The highest BCUT2D eigenvalue weighted by molar-refractivity contribution is 5.95. The molecule has 1 aromatic carbocycles. The number of phenolic OH excluding ortho intramolecular Hbond substituents is 1. The van der Waals surface area contributed by atoms with Crippen molar-refractivity contribution < 1.29 is 19.4 Å². The molecule has 1 heterocycles. The van der Waals surface area contributed by atoms with E-state index in [2.05, 4.69) is 19.6 Å². The minimum atomic E-state index is -0.462. The molecule has 0 radical (unpaired) electrons. The average molecular weight is 300 g/mol. The van der Waals surface area contributed by atoms with E-state index in [4.69, 9.17) is 9.47 Å². The number of rotatable bonds is 1. The average Bonchev–Trinajstić information content (AvgIpc) is 2.46. The molecule has 4 heteroatoms. The molecule has 0 aromatic heterocycles. The number of aryl methyl sites for hydroxylation is 1. The number of esters is 1. The number of hydrogen-bond acceptors (Lipinski definition) is 4. The molecule has 0 amide bonds. The molecule has 3 rings (SSSR count). The summed E-state index contributed by atoms with van der Waals surface area (Å²) in [4.78, 5) is 12.1. The van der Waals surface area contributed by atoms with Gasteiger partial charge in [-0.2, -0.15) is 0 Å². The Morgan fingerprint density at radius 2 is 2.18 bits per heavy atom. The molecule has 0 fully saturated rings. The van der Waals surface area contributed by atoms with Gasteiger partial charge in [-0.05, 0) is 38.3 Å². The molecule has 22 heavy (non-hydrogen) atoms. The summed E-state index contributed by atoms with van der Waals surface area (Å²) in [5, 5.41) is 10.4. The van der Waals surface area contributed by atoms with Crippen LogP contribution in [-0.4, -0.2) is 18.2 Å². The fourth-order valence-corrected chi connectivity index (χ4v) is 3.49. The van der Waals surface area contributed by atoms with Crippen molar-refractivity contribution in [2.45, 2.75) is 32.6 Å². The van der Waals surface area contributed by atoms with Gasteiger partial charge >= 0.3 is 5.97 Å². The van der Waals surface area contributed by atoms with Crippen molar-refractivity contribution in [1.29, 1.82) is 0 Å². The quantitative estimate of drug-likeness (QED) is 0.632. The molecule has 4 nitrogen and oxygen atoms in total. The summed E-state index contributed by atoms with van der Waals surface area (Å²) in [6.07, 6.45) is 4.08. The number of allylic oxidation sites excluding steroid dienone is 3. The second kappa shape index (κ2) is 5.20. The predicted octanol–water partition coefficient (Wildman–Crippen LogP) is 3.83. The lowest BCUT2D eigenvalue weighted by atomic mass is 9.73. The lowest BCUT2D eigenvalue weighted by Crippen LogP contribution is -2.27. The van der Waals surface area contributed by atoms with Crippen LogP contribution in [0, 0.1) is 12.8 Å². The molecule has 0 unspecified atom stereocenters. The first kappa shape index (κ1) is 14.7. The number of fused-ring (bicyclic) bond motifs is 3. The van der Waals surface area contributed by atoms with E-state index in [1.54, 1.807) is 13.0 Å². The third-order valence-electron chi connectivity index (χ3n) is 4.61. The van der Waals surface area contributed by atoms with Gasteiger partial charge in [0.25, 0.3) is 0 Å². The first-order valence-corrected chi connectivity index (χ1v) is 7.42. The van der Waals surface area contributed by atoms with Crippen LogP contribution < -0.4 is 4.74 Å². The monoisotopic (exact) mass is 300 g/mol. The van der Waals surface area contributed by atoms with Crippen molar-refractivity contribution in [3.8, 4) is 11.5 Å².